The van der Waals surface area contributed by atoms with Crippen LogP contribution in [0.25, 0.3) is 0 Å². The second-order valence-corrected chi connectivity index (χ2v) is 4.86. The van der Waals surface area contributed by atoms with Crippen molar-refractivity contribution in [3.63, 3.8) is 0 Å². The van der Waals surface area contributed by atoms with Gasteiger partial charge in [0.15, 0.2) is 0 Å². The summed E-state index contributed by atoms with van der Waals surface area (Å²) in [5.74, 6) is -0.274. The molecule has 0 aliphatic rings. The first-order valence-corrected chi connectivity index (χ1v) is 6.36. The van der Waals surface area contributed by atoms with Crippen LogP contribution in [-0.2, 0) is 11.3 Å². The van der Waals surface area contributed by atoms with E-state index in [0.29, 0.717) is 12.2 Å². The van der Waals surface area contributed by atoms with Gasteiger partial charge in [-0.05, 0) is 49.6 Å². The average molecular weight is 254 g/mol. The summed E-state index contributed by atoms with van der Waals surface area (Å²) in [5.41, 5.74) is 5.09. The third kappa shape index (κ3) is 3.44. The lowest BCUT2D eigenvalue weighted by atomic mass is 10.1. The second kappa shape index (κ2) is 5.70. The summed E-state index contributed by atoms with van der Waals surface area (Å²) in [7, 11) is 0. The maximum Gasteiger partial charge on any atom is 0.338 e. The van der Waals surface area contributed by atoms with Crippen LogP contribution in [0.4, 0.5) is 0 Å². The van der Waals surface area contributed by atoms with Crippen molar-refractivity contribution in [2.75, 3.05) is 0 Å². The van der Waals surface area contributed by atoms with E-state index in [-0.39, 0.29) is 5.97 Å². The van der Waals surface area contributed by atoms with Gasteiger partial charge in [0, 0.05) is 0 Å². The van der Waals surface area contributed by atoms with Crippen LogP contribution in [0.2, 0.25) is 0 Å². The van der Waals surface area contributed by atoms with Gasteiger partial charge in [-0.1, -0.05) is 35.9 Å². The summed E-state index contributed by atoms with van der Waals surface area (Å²) in [6.45, 7) is 6.36. The van der Waals surface area contributed by atoms with E-state index in [2.05, 4.69) is 0 Å². The first kappa shape index (κ1) is 13.3. The van der Waals surface area contributed by atoms with Crippen molar-refractivity contribution >= 4 is 5.97 Å². The molecule has 19 heavy (non-hydrogen) atoms. The minimum Gasteiger partial charge on any atom is -0.457 e. The molecule has 0 saturated heterocycles. The molecule has 98 valence electrons. The average Bonchev–Trinajstić information content (AvgIpc) is 2.41. The molecule has 0 bridgehead atoms. The van der Waals surface area contributed by atoms with Gasteiger partial charge in [0.1, 0.15) is 6.61 Å². The molecule has 0 amide bonds. The minimum absolute atomic E-state index is 0.274. The van der Waals surface area contributed by atoms with Crippen LogP contribution in [0.15, 0.2) is 42.5 Å². The molecule has 2 aromatic carbocycles. The van der Waals surface area contributed by atoms with Gasteiger partial charge in [0.05, 0.1) is 5.56 Å². The molecule has 0 aliphatic carbocycles. The Labute approximate surface area is 114 Å². The van der Waals surface area contributed by atoms with Crippen molar-refractivity contribution in [1.29, 1.82) is 0 Å². The topological polar surface area (TPSA) is 26.3 Å². The number of hydrogen-bond donors (Lipinski definition) is 0. The van der Waals surface area contributed by atoms with Crippen molar-refractivity contribution in [3.05, 3.63) is 70.3 Å². The highest BCUT2D eigenvalue weighted by Gasteiger charge is 2.08. The summed E-state index contributed by atoms with van der Waals surface area (Å²) in [6.07, 6.45) is 0. The molecule has 0 unspecified atom stereocenters. The number of carbonyl (C=O) groups is 1. The van der Waals surface area contributed by atoms with Crippen LogP contribution in [0, 0.1) is 20.8 Å². The Bertz CT molecular complexity index is 583. The van der Waals surface area contributed by atoms with E-state index in [0.717, 1.165) is 11.1 Å². The van der Waals surface area contributed by atoms with Gasteiger partial charge in [-0.25, -0.2) is 4.79 Å². The summed E-state index contributed by atoms with van der Waals surface area (Å²) in [4.78, 5) is 11.9. The van der Waals surface area contributed by atoms with E-state index in [9.17, 15) is 4.79 Å². The lowest BCUT2D eigenvalue weighted by molar-refractivity contribution is 0.0472. The molecule has 2 nitrogen and oxygen atoms in total. The maximum atomic E-state index is 11.9. The zero-order chi connectivity index (χ0) is 13.8. The Morgan fingerprint density at radius 2 is 1.63 bits per heavy atom. The highest BCUT2D eigenvalue weighted by Crippen LogP contribution is 2.12. The number of aryl methyl sites for hydroxylation is 3. The molecule has 0 atom stereocenters. The third-order valence-corrected chi connectivity index (χ3v) is 3.23. The van der Waals surface area contributed by atoms with Crippen molar-refractivity contribution in [1.82, 2.24) is 0 Å². The molecule has 0 aromatic heterocycles. The van der Waals surface area contributed by atoms with Gasteiger partial charge in [-0.3, -0.25) is 0 Å². The Morgan fingerprint density at radius 3 is 2.26 bits per heavy atom. The minimum atomic E-state index is -0.274. The molecule has 0 N–H and O–H groups in total. The van der Waals surface area contributed by atoms with Crippen molar-refractivity contribution in [3.8, 4) is 0 Å². The molecule has 0 fully saturated rings. The SMILES string of the molecule is Cc1ccc(COC(=O)c2ccc(C)c(C)c2)cc1. The number of rotatable bonds is 3. The van der Waals surface area contributed by atoms with Gasteiger partial charge >= 0.3 is 5.97 Å². The van der Waals surface area contributed by atoms with E-state index in [1.165, 1.54) is 11.1 Å². The molecule has 2 heteroatoms. The zero-order valence-electron chi connectivity index (χ0n) is 11.6. The highest BCUT2D eigenvalue weighted by molar-refractivity contribution is 5.89. The highest BCUT2D eigenvalue weighted by atomic mass is 16.5. The van der Waals surface area contributed by atoms with Gasteiger partial charge in [0.25, 0.3) is 0 Å². The smallest absolute Gasteiger partial charge is 0.338 e. The molecular weight excluding hydrogens is 236 g/mol. The lowest BCUT2D eigenvalue weighted by Gasteiger charge is -2.07. The fourth-order valence-electron chi connectivity index (χ4n) is 1.78. The van der Waals surface area contributed by atoms with Crippen molar-refractivity contribution in [2.45, 2.75) is 27.4 Å². The van der Waals surface area contributed by atoms with Crippen LogP contribution >= 0.6 is 0 Å². The number of benzene rings is 2. The largest absolute Gasteiger partial charge is 0.457 e. The summed E-state index contributed by atoms with van der Waals surface area (Å²) < 4.78 is 5.31. The van der Waals surface area contributed by atoms with Crippen LogP contribution in [-0.4, -0.2) is 5.97 Å². The second-order valence-electron chi connectivity index (χ2n) is 4.86. The summed E-state index contributed by atoms with van der Waals surface area (Å²) in [6, 6.07) is 13.6. The molecule has 0 heterocycles. The predicted octanol–water partition coefficient (Wildman–Crippen LogP) is 3.97. The normalized spacial score (nSPS) is 10.3. The Morgan fingerprint density at radius 1 is 0.947 bits per heavy atom. The van der Waals surface area contributed by atoms with E-state index in [1.807, 2.05) is 57.2 Å². The number of esters is 1. The van der Waals surface area contributed by atoms with Crippen LogP contribution in [0.1, 0.15) is 32.6 Å². The predicted molar refractivity (Wildman–Crippen MR) is 76.2 cm³/mol. The number of carbonyl (C=O) groups excluding carboxylic acids is 1. The Hall–Kier alpha value is -2.09. The standard InChI is InChI=1S/C17H18O2/c1-12-4-7-15(8-5-12)11-19-17(18)16-9-6-13(2)14(3)10-16/h4-10H,11H2,1-3H3. The van der Waals surface area contributed by atoms with Gasteiger partial charge in [-0.2, -0.15) is 0 Å². The van der Waals surface area contributed by atoms with Crippen LogP contribution < -0.4 is 0 Å². The quantitative estimate of drug-likeness (QED) is 0.775. The molecule has 0 radical (unpaired) electrons. The Kier molecular flexibility index (Phi) is 4.00. The maximum absolute atomic E-state index is 11.9. The van der Waals surface area contributed by atoms with E-state index >= 15 is 0 Å². The zero-order valence-corrected chi connectivity index (χ0v) is 11.6. The molecule has 0 spiro atoms. The fourth-order valence-corrected chi connectivity index (χ4v) is 1.78. The third-order valence-electron chi connectivity index (χ3n) is 3.23. The molecule has 0 saturated carbocycles. The summed E-state index contributed by atoms with van der Waals surface area (Å²) >= 11 is 0. The fraction of sp³-hybridized carbons (Fsp3) is 0.235. The lowest BCUT2D eigenvalue weighted by Crippen LogP contribution is -2.05. The van der Waals surface area contributed by atoms with Gasteiger partial charge in [0.2, 0.25) is 0 Å². The van der Waals surface area contributed by atoms with E-state index in [4.69, 9.17) is 4.74 Å². The molecule has 2 rings (SSSR count). The molecular formula is C17H18O2. The first-order valence-electron chi connectivity index (χ1n) is 6.36. The Balaban J connectivity index is 2.01. The van der Waals surface area contributed by atoms with E-state index in [1.54, 1.807) is 6.07 Å². The van der Waals surface area contributed by atoms with Gasteiger partial charge in [-0.15, -0.1) is 0 Å². The van der Waals surface area contributed by atoms with Crippen molar-refractivity contribution in [2.24, 2.45) is 0 Å². The first-order chi connectivity index (χ1) is 9.06. The van der Waals surface area contributed by atoms with Crippen LogP contribution in [0.5, 0.6) is 0 Å². The molecule has 0 aliphatic heterocycles. The van der Waals surface area contributed by atoms with Gasteiger partial charge < -0.3 is 4.74 Å². The van der Waals surface area contributed by atoms with Crippen LogP contribution in [0.3, 0.4) is 0 Å². The van der Waals surface area contributed by atoms with E-state index < -0.39 is 0 Å². The number of ether oxygens (including phenoxy) is 1. The molecule has 2 aromatic rings. The monoisotopic (exact) mass is 254 g/mol. The number of hydrogen-bond acceptors (Lipinski definition) is 2. The summed E-state index contributed by atoms with van der Waals surface area (Å²) in [5, 5.41) is 0. The van der Waals surface area contributed by atoms with Crippen molar-refractivity contribution < 1.29 is 9.53 Å².